The molecular weight excluding hydrogens is 418 g/mol. The highest BCUT2D eigenvalue weighted by Gasteiger charge is 2.91. The van der Waals surface area contributed by atoms with Crippen molar-refractivity contribution in [1.82, 2.24) is 10.2 Å². The standard InChI is InChI=1S/C24H20F2N2O4/c25-16-5-1-13(2-6-16)11-28-20(29)24(27-22(28)31)15-9-18-19(24)23(18,10-15)21(30)32-12-14-3-7-17(26)8-4-14/h1-8,15,18-19H,9-12H2,(H,27,31)/t15-,18-,19+,23+,24?/m1/s1. The number of benzene rings is 2. The van der Waals surface area contributed by atoms with Crippen LogP contribution < -0.4 is 5.32 Å². The lowest BCUT2D eigenvalue weighted by molar-refractivity contribution is -0.152. The predicted molar refractivity (Wildman–Crippen MR) is 107 cm³/mol. The van der Waals surface area contributed by atoms with Gasteiger partial charge < -0.3 is 10.1 Å². The fraction of sp³-hybridized carbons (Fsp3) is 0.375. The Balaban J connectivity index is 1.20. The van der Waals surface area contributed by atoms with Crippen molar-refractivity contribution in [2.45, 2.75) is 31.5 Å². The number of halogens is 2. The van der Waals surface area contributed by atoms with Crippen LogP contribution in [0.2, 0.25) is 0 Å². The van der Waals surface area contributed by atoms with E-state index in [0.29, 0.717) is 24.0 Å². The normalized spacial score (nSPS) is 33.7. The average Bonchev–Trinajstić information content (AvgIpc) is 3.09. The van der Waals surface area contributed by atoms with E-state index in [1.54, 1.807) is 24.3 Å². The first-order valence-electron chi connectivity index (χ1n) is 10.7. The Morgan fingerprint density at radius 1 is 1.03 bits per heavy atom. The fourth-order valence-electron chi connectivity index (χ4n) is 6.51. The highest BCUT2D eigenvalue weighted by Crippen LogP contribution is 2.83. The second-order valence-corrected chi connectivity index (χ2v) is 9.28. The molecule has 5 aliphatic rings. The number of hydrogen-bond acceptors (Lipinski definition) is 4. The third kappa shape index (κ3) is 2.40. The molecule has 1 spiro atoms. The van der Waals surface area contributed by atoms with Crippen LogP contribution in [-0.2, 0) is 27.5 Å². The Kier molecular flexibility index (Phi) is 3.86. The molecule has 1 unspecified atom stereocenters. The molecule has 0 radical (unpaired) electrons. The average molecular weight is 438 g/mol. The van der Waals surface area contributed by atoms with E-state index < -0.39 is 17.0 Å². The van der Waals surface area contributed by atoms with Crippen LogP contribution in [0.25, 0.3) is 0 Å². The van der Waals surface area contributed by atoms with Crippen LogP contribution in [0.1, 0.15) is 24.0 Å². The van der Waals surface area contributed by atoms with Gasteiger partial charge in [-0.15, -0.1) is 0 Å². The van der Waals surface area contributed by atoms with Crippen molar-refractivity contribution in [3.05, 3.63) is 71.3 Å². The minimum atomic E-state index is -1.06. The van der Waals surface area contributed by atoms with Gasteiger partial charge >= 0.3 is 12.0 Å². The van der Waals surface area contributed by atoms with E-state index in [-0.39, 0.29) is 54.4 Å². The topological polar surface area (TPSA) is 75.7 Å². The number of ether oxygens (including phenoxy) is 1. The summed E-state index contributed by atoms with van der Waals surface area (Å²) in [7, 11) is 0. The Labute approximate surface area is 182 Å². The molecule has 7 rings (SSSR count). The van der Waals surface area contributed by atoms with Crippen molar-refractivity contribution >= 4 is 17.9 Å². The van der Waals surface area contributed by atoms with Crippen molar-refractivity contribution in [1.29, 1.82) is 0 Å². The van der Waals surface area contributed by atoms with Crippen LogP contribution >= 0.6 is 0 Å². The fourth-order valence-corrected chi connectivity index (χ4v) is 6.51. The Hall–Kier alpha value is -3.29. The summed E-state index contributed by atoms with van der Waals surface area (Å²) >= 11 is 0. The number of esters is 1. The van der Waals surface area contributed by atoms with Gasteiger partial charge in [0.1, 0.15) is 23.8 Å². The largest absolute Gasteiger partial charge is 0.460 e. The quantitative estimate of drug-likeness (QED) is 0.575. The summed E-state index contributed by atoms with van der Waals surface area (Å²) in [5.74, 6) is -1.77. The SMILES string of the molecule is O=C1NC2(C(=O)N1Cc1ccc(F)cc1)[C@@H]1C[C@@H]3[C@H]2[C@]3(C(=O)OCc2ccc(F)cc2)C1. The van der Waals surface area contributed by atoms with Crippen LogP contribution in [0.4, 0.5) is 13.6 Å². The number of nitrogens with zero attached hydrogens (tertiary/aromatic N) is 1. The molecule has 0 aromatic heterocycles. The van der Waals surface area contributed by atoms with Gasteiger partial charge in [-0.2, -0.15) is 0 Å². The van der Waals surface area contributed by atoms with Gasteiger partial charge in [-0.1, -0.05) is 24.3 Å². The molecule has 5 atom stereocenters. The van der Waals surface area contributed by atoms with Crippen LogP contribution in [0.5, 0.6) is 0 Å². The van der Waals surface area contributed by atoms with Crippen LogP contribution in [0.3, 0.4) is 0 Å². The van der Waals surface area contributed by atoms with Crippen molar-refractivity contribution < 1.29 is 27.9 Å². The maximum Gasteiger partial charge on any atom is 0.325 e. The molecule has 4 bridgehead atoms. The number of rotatable bonds is 5. The molecule has 1 saturated heterocycles. The van der Waals surface area contributed by atoms with Gasteiger partial charge in [0.05, 0.1) is 12.0 Å². The van der Waals surface area contributed by atoms with E-state index in [4.69, 9.17) is 4.74 Å². The molecular formula is C24H20F2N2O4. The summed E-state index contributed by atoms with van der Waals surface area (Å²) in [5, 5.41) is 2.92. The zero-order valence-electron chi connectivity index (χ0n) is 17.0. The number of amides is 3. The number of imide groups is 1. The summed E-state index contributed by atoms with van der Waals surface area (Å²) in [4.78, 5) is 40.4. The first-order chi connectivity index (χ1) is 15.4. The Bertz CT molecular complexity index is 1150. The van der Waals surface area contributed by atoms with Crippen molar-refractivity contribution in [3.63, 3.8) is 0 Å². The smallest absolute Gasteiger partial charge is 0.325 e. The van der Waals surface area contributed by atoms with Crippen LogP contribution in [-0.4, -0.2) is 28.3 Å². The molecule has 1 aliphatic heterocycles. The third-order valence-electron chi connectivity index (χ3n) is 7.84. The van der Waals surface area contributed by atoms with E-state index in [9.17, 15) is 23.2 Å². The van der Waals surface area contributed by atoms with E-state index in [0.717, 1.165) is 0 Å². The zero-order valence-corrected chi connectivity index (χ0v) is 17.0. The molecule has 6 nitrogen and oxygen atoms in total. The minimum Gasteiger partial charge on any atom is -0.460 e. The lowest BCUT2D eigenvalue weighted by atomic mass is 9.88. The number of nitrogens with one attached hydrogen (secondary N) is 1. The summed E-state index contributed by atoms with van der Waals surface area (Å²) < 4.78 is 31.8. The van der Waals surface area contributed by atoms with Gasteiger partial charge in [-0.3, -0.25) is 14.5 Å². The van der Waals surface area contributed by atoms with Crippen molar-refractivity contribution in [2.75, 3.05) is 0 Å². The van der Waals surface area contributed by atoms with Gasteiger partial charge in [0.15, 0.2) is 0 Å². The third-order valence-corrected chi connectivity index (χ3v) is 7.84. The second-order valence-electron chi connectivity index (χ2n) is 9.28. The van der Waals surface area contributed by atoms with E-state index >= 15 is 0 Å². The number of carbonyl (C=O) groups excluding carboxylic acids is 3. The number of carbonyl (C=O) groups is 3. The molecule has 32 heavy (non-hydrogen) atoms. The highest BCUT2D eigenvalue weighted by atomic mass is 19.1. The van der Waals surface area contributed by atoms with E-state index in [1.807, 2.05) is 0 Å². The summed E-state index contributed by atoms with van der Waals surface area (Å²) in [6, 6.07) is 10.9. The first kappa shape index (κ1) is 19.4. The Morgan fingerprint density at radius 2 is 1.66 bits per heavy atom. The Morgan fingerprint density at radius 3 is 2.28 bits per heavy atom. The summed E-state index contributed by atoms with van der Waals surface area (Å²) in [6.07, 6.45) is 1.22. The minimum absolute atomic E-state index is 0.0169. The number of urea groups is 1. The molecule has 4 saturated carbocycles. The van der Waals surface area contributed by atoms with E-state index in [1.165, 1.54) is 29.2 Å². The van der Waals surface area contributed by atoms with Crippen LogP contribution in [0, 0.1) is 34.8 Å². The zero-order chi connectivity index (χ0) is 22.3. The molecule has 1 heterocycles. The molecule has 1 N–H and O–H groups in total. The molecule has 5 fully saturated rings. The lowest BCUT2D eigenvalue weighted by Gasteiger charge is -2.25. The second kappa shape index (κ2) is 6.37. The first-order valence-corrected chi connectivity index (χ1v) is 10.7. The van der Waals surface area contributed by atoms with Gasteiger partial charge in [0.25, 0.3) is 5.91 Å². The van der Waals surface area contributed by atoms with Gasteiger partial charge in [-0.05, 0) is 60.1 Å². The molecule has 8 heteroatoms. The van der Waals surface area contributed by atoms with Gasteiger partial charge in [-0.25, -0.2) is 13.6 Å². The van der Waals surface area contributed by atoms with Crippen LogP contribution in [0.15, 0.2) is 48.5 Å². The lowest BCUT2D eigenvalue weighted by Crippen LogP contribution is -2.50. The molecule has 2 aromatic rings. The molecule has 4 aliphatic carbocycles. The maximum absolute atomic E-state index is 13.4. The van der Waals surface area contributed by atoms with Gasteiger partial charge in [0, 0.05) is 5.92 Å². The molecule has 2 aromatic carbocycles. The van der Waals surface area contributed by atoms with Crippen molar-refractivity contribution in [3.8, 4) is 0 Å². The molecule has 3 amide bonds. The van der Waals surface area contributed by atoms with Crippen molar-refractivity contribution in [2.24, 2.45) is 23.2 Å². The molecule has 164 valence electrons. The monoisotopic (exact) mass is 438 g/mol. The predicted octanol–water partition coefficient (Wildman–Crippen LogP) is 3.15. The summed E-state index contributed by atoms with van der Waals surface area (Å²) in [5.41, 5.74) is -0.460. The number of hydrogen-bond donors (Lipinski definition) is 1. The van der Waals surface area contributed by atoms with E-state index in [2.05, 4.69) is 5.32 Å². The van der Waals surface area contributed by atoms with Gasteiger partial charge in [0.2, 0.25) is 0 Å². The highest BCUT2D eigenvalue weighted by molar-refractivity contribution is 6.09. The maximum atomic E-state index is 13.4. The summed E-state index contributed by atoms with van der Waals surface area (Å²) in [6.45, 7) is 0.0911.